The molecule has 0 saturated carbocycles. The predicted octanol–water partition coefficient (Wildman–Crippen LogP) is 3.17. The lowest BCUT2D eigenvalue weighted by atomic mass is 10.1. The minimum absolute atomic E-state index is 0.179. The van der Waals surface area contributed by atoms with Gasteiger partial charge in [0.05, 0.1) is 14.2 Å². The Hall–Kier alpha value is -1.77. The van der Waals surface area contributed by atoms with E-state index in [0.717, 1.165) is 18.4 Å². The van der Waals surface area contributed by atoms with E-state index >= 15 is 0 Å². The van der Waals surface area contributed by atoms with Crippen LogP contribution in [0.15, 0.2) is 30.4 Å². The van der Waals surface area contributed by atoms with Gasteiger partial charge in [-0.3, -0.25) is 4.79 Å². The molecule has 0 N–H and O–H groups in total. The standard InChI is InChI=1S/C15H20O3/c1-4-6-13(16)8-5-7-12-9-10-14(17-2)15(11-12)18-3/h5,8-11H,4,6-7H2,1-3H3. The zero-order chi connectivity index (χ0) is 13.4. The zero-order valence-corrected chi connectivity index (χ0v) is 11.2. The van der Waals surface area contributed by atoms with Gasteiger partial charge in [-0.2, -0.15) is 0 Å². The van der Waals surface area contributed by atoms with Crippen molar-refractivity contribution in [2.75, 3.05) is 14.2 Å². The van der Waals surface area contributed by atoms with Crippen LogP contribution in [0.4, 0.5) is 0 Å². The van der Waals surface area contributed by atoms with E-state index in [9.17, 15) is 4.79 Å². The van der Waals surface area contributed by atoms with E-state index in [0.29, 0.717) is 17.9 Å². The molecule has 0 fully saturated rings. The van der Waals surface area contributed by atoms with Gasteiger partial charge < -0.3 is 9.47 Å². The predicted molar refractivity (Wildman–Crippen MR) is 72.3 cm³/mol. The van der Waals surface area contributed by atoms with Crippen LogP contribution in [0.1, 0.15) is 25.3 Å². The minimum atomic E-state index is 0.179. The maximum absolute atomic E-state index is 11.3. The SMILES string of the molecule is CCCC(=O)C=CCc1ccc(OC)c(OC)c1. The fraction of sp³-hybridized carbons (Fsp3) is 0.400. The first-order chi connectivity index (χ1) is 8.71. The summed E-state index contributed by atoms with van der Waals surface area (Å²) in [7, 11) is 3.23. The van der Waals surface area contributed by atoms with Crippen LogP contribution in [0.25, 0.3) is 0 Å². The Labute approximate surface area is 108 Å². The molecule has 3 heteroatoms. The third-order valence-corrected chi connectivity index (χ3v) is 2.60. The molecular formula is C15H20O3. The van der Waals surface area contributed by atoms with Crippen LogP contribution in [-0.2, 0) is 11.2 Å². The highest BCUT2D eigenvalue weighted by Crippen LogP contribution is 2.27. The average molecular weight is 248 g/mol. The molecule has 0 heterocycles. The lowest BCUT2D eigenvalue weighted by Gasteiger charge is -2.08. The first-order valence-corrected chi connectivity index (χ1v) is 6.11. The molecule has 0 aliphatic carbocycles. The van der Waals surface area contributed by atoms with Crippen molar-refractivity contribution in [2.24, 2.45) is 0 Å². The molecular weight excluding hydrogens is 228 g/mol. The summed E-state index contributed by atoms with van der Waals surface area (Å²) in [5, 5.41) is 0. The van der Waals surface area contributed by atoms with E-state index in [1.807, 2.05) is 31.2 Å². The van der Waals surface area contributed by atoms with Gasteiger partial charge in [-0.05, 0) is 36.6 Å². The van der Waals surface area contributed by atoms with Gasteiger partial charge in [0.25, 0.3) is 0 Å². The van der Waals surface area contributed by atoms with Crippen molar-refractivity contribution >= 4 is 5.78 Å². The summed E-state index contributed by atoms with van der Waals surface area (Å²) in [6, 6.07) is 5.76. The summed E-state index contributed by atoms with van der Waals surface area (Å²) in [6.07, 6.45) is 5.76. The van der Waals surface area contributed by atoms with Gasteiger partial charge >= 0.3 is 0 Å². The van der Waals surface area contributed by atoms with E-state index in [4.69, 9.17) is 9.47 Å². The summed E-state index contributed by atoms with van der Waals surface area (Å²) in [5.41, 5.74) is 1.09. The lowest BCUT2D eigenvalue weighted by Crippen LogP contribution is -1.93. The minimum Gasteiger partial charge on any atom is -0.493 e. The number of ketones is 1. The van der Waals surface area contributed by atoms with Crippen LogP contribution in [-0.4, -0.2) is 20.0 Å². The van der Waals surface area contributed by atoms with Crippen molar-refractivity contribution in [2.45, 2.75) is 26.2 Å². The van der Waals surface area contributed by atoms with Gasteiger partial charge in [0.1, 0.15) is 0 Å². The monoisotopic (exact) mass is 248 g/mol. The maximum atomic E-state index is 11.3. The summed E-state index contributed by atoms with van der Waals surface area (Å²) in [4.78, 5) is 11.3. The molecule has 0 aliphatic heterocycles. The van der Waals surface area contributed by atoms with Crippen LogP contribution in [0.5, 0.6) is 11.5 Å². The van der Waals surface area contributed by atoms with Crippen LogP contribution in [0, 0.1) is 0 Å². The van der Waals surface area contributed by atoms with Crippen LogP contribution >= 0.6 is 0 Å². The van der Waals surface area contributed by atoms with Gasteiger partial charge in [0.15, 0.2) is 17.3 Å². The molecule has 0 atom stereocenters. The largest absolute Gasteiger partial charge is 0.493 e. The van der Waals surface area contributed by atoms with Gasteiger partial charge in [0.2, 0.25) is 0 Å². The summed E-state index contributed by atoms with van der Waals surface area (Å²) >= 11 is 0. The molecule has 3 nitrogen and oxygen atoms in total. The van der Waals surface area contributed by atoms with E-state index in [1.54, 1.807) is 20.3 Å². The van der Waals surface area contributed by atoms with Crippen molar-refractivity contribution < 1.29 is 14.3 Å². The highest BCUT2D eigenvalue weighted by molar-refractivity contribution is 5.89. The molecule has 98 valence electrons. The maximum Gasteiger partial charge on any atom is 0.160 e. The first kappa shape index (κ1) is 14.3. The Kier molecular flexibility index (Phi) is 5.98. The number of methoxy groups -OCH3 is 2. The Morgan fingerprint density at radius 3 is 2.56 bits per heavy atom. The third-order valence-electron chi connectivity index (χ3n) is 2.60. The van der Waals surface area contributed by atoms with Crippen LogP contribution < -0.4 is 9.47 Å². The van der Waals surface area contributed by atoms with Gasteiger partial charge in [-0.15, -0.1) is 0 Å². The Balaban J connectivity index is 2.65. The number of carbonyl (C=O) groups excluding carboxylic acids is 1. The molecule has 1 rings (SSSR count). The van der Waals surface area contributed by atoms with Crippen LogP contribution in [0.2, 0.25) is 0 Å². The Bertz CT molecular complexity index is 422. The topological polar surface area (TPSA) is 35.5 Å². The normalized spacial score (nSPS) is 10.6. The second kappa shape index (κ2) is 7.54. The molecule has 1 aromatic carbocycles. The van der Waals surface area contributed by atoms with Crippen molar-refractivity contribution in [3.8, 4) is 11.5 Å². The highest BCUT2D eigenvalue weighted by Gasteiger charge is 2.03. The summed E-state index contributed by atoms with van der Waals surface area (Å²) in [6.45, 7) is 2.00. The summed E-state index contributed by atoms with van der Waals surface area (Å²) in [5.74, 6) is 1.61. The number of ether oxygens (including phenoxy) is 2. The molecule has 0 saturated heterocycles. The number of carbonyl (C=O) groups is 1. The summed E-state index contributed by atoms with van der Waals surface area (Å²) < 4.78 is 10.4. The van der Waals surface area contributed by atoms with E-state index < -0.39 is 0 Å². The Morgan fingerprint density at radius 1 is 1.22 bits per heavy atom. The molecule has 0 spiro atoms. The van der Waals surface area contributed by atoms with Crippen molar-refractivity contribution in [3.63, 3.8) is 0 Å². The molecule has 18 heavy (non-hydrogen) atoms. The van der Waals surface area contributed by atoms with Gasteiger partial charge in [-0.25, -0.2) is 0 Å². The van der Waals surface area contributed by atoms with Crippen molar-refractivity contribution in [3.05, 3.63) is 35.9 Å². The quantitative estimate of drug-likeness (QED) is 0.695. The van der Waals surface area contributed by atoms with Crippen molar-refractivity contribution in [1.29, 1.82) is 0 Å². The molecule has 0 bridgehead atoms. The van der Waals surface area contributed by atoms with Gasteiger partial charge in [0, 0.05) is 6.42 Å². The number of benzene rings is 1. The van der Waals surface area contributed by atoms with Gasteiger partial charge in [-0.1, -0.05) is 19.1 Å². The van der Waals surface area contributed by atoms with E-state index in [2.05, 4.69) is 0 Å². The van der Waals surface area contributed by atoms with E-state index in [1.165, 1.54) is 0 Å². The second-order valence-electron chi connectivity index (χ2n) is 4.01. The molecule has 1 aromatic rings. The second-order valence-corrected chi connectivity index (χ2v) is 4.01. The average Bonchev–Trinajstić information content (AvgIpc) is 2.38. The molecule has 0 aliphatic rings. The lowest BCUT2D eigenvalue weighted by molar-refractivity contribution is -0.114. The fourth-order valence-electron chi connectivity index (χ4n) is 1.66. The molecule has 0 unspecified atom stereocenters. The zero-order valence-electron chi connectivity index (χ0n) is 11.2. The molecule has 0 amide bonds. The first-order valence-electron chi connectivity index (χ1n) is 6.11. The number of rotatable bonds is 7. The number of hydrogen-bond acceptors (Lipinski definition) is 3. The molecule has 0 radical (unpaired) electrons. The number of hydrogen-bond donors (Lipinski definition) is 0. The fourth-order valence-corrected chi connectivity index (χ4v) is 1.66. The van der Waals surface area contributed by atoms with E-state index in [-0.39, 0.29) is 5.78 Å². The van der Waals surface area contributed by atoms with Crippen LogP contribution in [0.3, 0.4) is 0 Å². The Morgan fingerprint density at radius 2 is 1.94 bits per heavy atom. The highest BCUT2D eigenvalue weighted by atomic mass is 16.5. The molecule has 0 aromatic heterocycles. The van der Waals surface area contributed by atoms with Crippen molar-refractivity contribution in [1.82, 2.24) is 0 Å². The third kappa shape index (κ3) is 4.24. The smallest absolute Gasteiger partial charge is 0.160 e. The number of allylic oxidation sites excluding steroid dienone is 2.